The van der Waals surface area contributed by atoms with Crippen LogP contribution in [-0.2, 0) is 13.1 Å². The average molecular weight is 227 g/mol. The minimum atomic E-state index is 0.0912. The number of aliphatic hydroxyl groups excluding tert-OH is 1. The molecule has 0 saturated heterocycles. The maximum Gasteiger partial charge on any atom is 0.0964 e. The molecule has 0 amide bonds. The van der Waals surface area contributed by atoms with Gasteiger partial charge in [0.2, 0.25) is 0 Å². The molecule has 92 valence electrons. The highest BCUT2D eigenvalue weighted by Crippen LogP contribution is 1.94. The molecule has 0 aliphatic carbocycles. The van der Waals surface area contributed by atoms with Crippen molar-refractivity contribution in [2.75, 3.05) is 27.2 Å². The van der Waals surface area contributed by atoms with Crippen LogP contribution < -0.4 is 5.32 Å². The predicted molar refractivity (Wildman–Crippen MR) is 62.0 cm³/mol. The number of nitrogens with zero attached hydrogens (tertiary/aromatic N) is 4. The molecule has 0 aromatic carbocycles. The van der Waals surface area contributed by atoms with Crippen LogP contribution in [0.4, 0.5) is 0 Å². The molecule has 1 unspecified atom stereocenters. The fourth-order valence-electron chi connectivity index (χ4n) is 1.22. The Morgan fingerprint density at radius 1 is 1.56 bits per heavy atom. The Kier molecular flexibility index (Phi) is 5.37. The molecule has 16 heavy (non-hydrogen) atoms. The van der Waals surface area contributed by atoms with Crippen molar-refractivity contribution in [3.05, 3.63) is 11.9 Å². The van der Waals surface area contributed by atoms with E-state index in [-0.39, 0.29) is 6.61 Å². The number of likely N-dealkylation sites (N-methyl/N-ethyl adjacent to an activating group) is 1. The van der Waals surface area contributed by atoms with E-state index in [2.05, 4.69) is 41.5 Å². The molecule has 0 aliphatic rings. The van der Waals surface area contributed by atoms with Crippen LogP contribution in [0.2, 0.25) is 0 Å². The zero-order chi connectivity index (χ0) is 12.0. The molecule has 1 aromatic rings. The summed E-state index contributed by atoms with van der Waals surface area (Å²) in [5.74, 6) is 0. The minimum Gasteiger partial charge on any atom is -0.394 e. The maximum absolute atomic E-state index is 8.73. The van der Waals surface area contributed by atoms with Gasteiger partial charge < -0.3 is 15.3 Å². The maximum atomic E-state index is 8.73. The fourth-order valence-corrected chi connectivity index (χ4v) is 1.22. The average Bonchev–Trinajstić information content (AvgIpc) is 2.66. The van der Waals surface area contributed by atoms with Crippen LogP contribution in [0.1, 0.15) is 12.6 Å². The van der Waals surface area contributed by atoms with Gasteiger partial charge in [-0.3, -0.25) is 0 Å². The quantitative estimate of drug-likeness (QED) is 0.645. The second-order valence-corrected chi connectivity index (χ2v) is 4.14. The van der Waals surface area contributed by atoms with Gasteiger partial charge in [-0.2, -0.15) is 0 Å². The zero-order valence-corrected chi connectivity index (χ0v) is 10.2. The first-order valence-electron chi connectivity index (χ1n) is 5.50. The monoisotopic (exact) mass is 227 g/mol. The van der Waals surface area contributed by atoms with Gasteiger partial charge >= 0.3 is 0 Å². The molecule has 1 heterocycles. The lowest BCUT2D eigenvalue weighted by Gasteiger charge is -2.19. The standard InChI is InChI=1S/C10H21N5O/c1-9(14(2)3)6-11-7-10-8-15(4-5-16)13-12-10/h8-9,11,16H,4-7H2,1-3H3. The highest BCUT2D eigenvalue weighted by molar-refractivity contribution is 4.91. The molecule has 0 radical (unpaired) electrons. The Labute approximate surface area is 96.3 Å². The Morgan fingerprint density at radius 3 is 2.94 bits per heavy atom. The molecule has 6 heteroatoms. The van der Waals surface area contributed by atoms with Crippen LogP contribution in [0.15, 0.2) is 6.20 Å². The van der Waals surface area contributed by atoms with Crippen molar-refractivity contribution in [3.8, 4) is 0 Å². The van der Waals surface area contributed by atoms with Gasteiger partial charge in [0.15, 0.2) is 0 Å². The smallest absolute Gasteiger partial charge is 0.0964 e. The Morgan fingerprint density at radius 2 is 2.31 bits per heavy atom. The molecule has 0 saturated carbocycles. The minimum absolute atomic E-state index is 0.0912. The van der Waals surface area contributed by atoms with Gasteiger partial charge in [0.1, 0.15) is 0 Å². The third kappa shape index (κ3) is 4.26. The lowest BCUT2D eigenvalue weighted by Crippen LogP contribution is -2.35. The Bertz CT molecular complexity index is 299. The van der Waals surface area contributed by atoms with Crippen LogP contribution in [0.3, 0.4) is 0 Å². The Hall–Kier alpha value is -0.980. The second-order valence-electron chi connectivity index (χ2n) is 4.14. The first-order chi connectivity index (χ1) is 7.63. The molecular weight excluding hydrogens is 206 g/mol. The van der Waals surface area contributed by atoms with Crippen molar-refractivity contribution in [3.63, 3.8) is 0 Å². The van der Waals surface area contributed by atoms with Gasteiger partial charge in [-0.05, 0) is 21.0 Å². The van der Waals surface area contributed by atoms with Gasteiger partial charge in [0, 0.05) is 25.3 Å². The molecule has 0 bridgehead atoms. The summed E-state index contributed by atoms with van der Waals surface area (Å²) in [5, 5.41) is 19.9. The molecule has 1 atom stereocenters. The van der Waals surface area contributed by atoms with Crippen molar-refractivity contribution >= 4 is 0 Å². The van der Waals surface area contributed by atoms with Crippen molar-refractivity contribution in [1.82, 2.24) is 25.2 Å². The van der Waals surface area contributed by atoms with Crippen LogP contribution >= 0.6 is 0 Å². The van der Waals surface area contributed by atoms with Crippen molar-refractivity contribution in [1.29, 1.82) is 0 Å². The SMILES string of the molecule is CC(CNCc1cn(CCO)nn1)N(C)C. The number of nitrogens with one attached hydrogen (secondary N) is 1. The molecule has 1 rings (SSSR count). The lowest BCUT2D eigenvalue weighted by atomic mass is 10.3. The number of hydrogen-bond donors (Lipinski definition) is 2. The molecule has 0 fully saturated rings. The summed E-state index contributed by atoms with van der Waals surface area (Å²) >= 11 is 0. The molecular formula is C10H21N5O. The fraction of sp³-hybridized carbons (Fsp3) is 0.800. The highest BCUT2D eigenvalue weighted by atomic mass is 16.3. The van der Waals surface area contributed by atoms with Gasteiger partial charge in [-0.1, -0.05) is 5.21 Å². The van der Waals surface area contributed by atoms with E-state index in [1.165, 1.54) is 0 Å². The topological polar surface area (TPSA) is 66.2 Å². The molecule has 2 N–H and O–H groups in total. The molecule has 0 spiro atoms. The molecule has 1 aromatic heterocycles. The van der Waals surface area contributed by atoms with Crippen LogP contribution in [-0.4, -0.2) is 58.3 Å². The number of aromatic nitrogens is 3. The van der Waals surface area contributed by atoms with Crippen molar-refractivity contribution in [2.24, 2.45) is 0 Å². The first kappa shape index (κ1) is 13.1. The Balaban J connectivity index is 2.26. The summed E-state index contributed by atoms with van der Waals surface area (Å²) in [6.07, 6.45) is 1.85. The van der Waals surface area contributed by atoms with Gasteiger partial charge in [0.25, 0.3) is 0 Å². The van der Waals surface area contributed by atoms with Crippen molar-refractivity contribution in [2.45, 2.75) is 26.1 Å². The number of rotatable bonds is 7. The largest absolute Gasteiger partial charge is 0.394 e. The van der Waals surface area contributed by atoms with E-state index in [0.717, 1.165) is 12.2 Å². The molecule has 0 aliphatic heterocycles. The summed E-state index contributed by atoms with van der Waals surface area (Å²) in [5.41, 5.74) is 0.902. The number of aliphatic hydroxyl groups is 1. The van der Waals surface area contributed by atoms with E-state index < -0.39 is 0 Å². The van der Waals surface area contributed by atoms with E-state index in [1.807, 2.05) is 6.20 Å². The summed E-state index contributed by atoms with van der Waals surface area (Å²) in [6.45, 7) is 4.38. The normalized spacial score (nSPS) is 13.3. The van der Waals surface area contributed by atoms with Gasteiger partial charge in [-0.15, -0.1) is 5.10 Å². The van der Waals surface area contributed by atoms with E-state index >= 15 is 0 Å². The second kappa shape index (κ2) is 6.57. The van der Waals surface area contributed by atoms with Crippen LogP contribution in [0, 0.1) is 0 Å². The summed E-state index contributed by atoms with van der Waals surface area (Å²) in [4.78, 5) is 2.16. The van der Waals surface area contributed by atoms with Gasteiger partial charge in [0.05, 0.1) is 18.8 Å². The van der Waals surface area contributed by atoms with E-state index in [9.17, 15) is 0 Å². The predicted octanol–water partition coefficient (Wildman–Crippen LogP) is -0.690. The lowest BCUT2D eigenvalue weighted by molar-refractivity contribution is 0.268. The third-order valence-electron chi connectivity index (χ3n) is 2.54. The third-order valence-corrected chi connectivity index (χ3v) is 2.54. The summed E-state index contributed by atoms with van der Waals surface area (Å²) < 4.78 is 1.65. The van der Waals surface area contributed by atoms with Gasteiger partial charge in [-0.25, -0.2) is 4.68 Å². The van der Waals surface area contributed by atoms with E-state index in [4.69, 9.17) is 5.11 Å². The highest BCUT2D eigenvalue weighted by Gasteiger charge is 2.04. The zero-order valence-electron chi connectivity index (χ0n) is 10.2. The van der Waals surface area contributed by atoms with E-state index in [1.54, 1.807) is 4.68 Å². The van der Waals surface area contributed by atoms with Crippen LogP contribution in [0.5, 0.6) is 0 Å². The molecule has 6 nitrogen and oxygen atoms in total. The summed E-state index contributed by atoms with van der Waals surface area (Å²) in [7, 11) is 4.12. The summed E-state index contributed by atoms with van der Waals surface area (Å²) in [6, 6.07) is 0.493. The van der Waals surface area contributed by atoms with E-state index in [0.29, 0.717) is 19.1 Å². The number of hydrogen-bond acceptors (Lipinski definition) is 5. The van der Waals surface area contributed by atoms with Crippen LogP contribution in [0.25, 0.3) is 0 Å². The first-order valence-corrected chi connectivity index (χ1v) is 5.50. The van der Waals surface area contributed by atoms with Crippen molar-refractivity contribution < 1.29 is 5.11 Å².